The van der Waals surface area contributed by atoms with Crippen LogP contribution in [-0.2, 0) is 21.1 Å². The molecule has 4 aromatic heterocycles. The predicted octanol–water partition coefficient (Wildman–Crippen LogP) is 17.6. The van der Waals surface area contributed by atoms with Crippen molar-refractivity contribution in [2.24, 2.45) is 16.2 Å². The van der Waals surface area contributed by atoms with E-state index in [2.05, 4.69) is 63.6 Å². The summed E-state index contributed by atoms with van der Waals surface area (Å²) >= 11 is 0. The van der Waals surface area contributed by atoms with Gasteiger partial charge in [-0.3, -0.25) is 0 Å². The summed E-state index contributed by atoms with van der Waals surface area (Å²) in [6, 6.07) is 32.9. The monoisotopic (exact) mass is 1120 g/mol. The normalized spacial score (nSPS) is 20.8. The summed E-state index contributed by atoms with van der Waals surface area (Å²) in [5, 5.41) is 0.592. The fourth-order valence-electron chi connectivity index (χ4n) is 9.85. The summed E-state index contributed by atoms with van der Waals surface area (Å²) < 4.78 is 176. The molecule has 5 aromatic carbocycles. The molecule has 0 amide bonds. The van der Waals surface area contributed by atoms with Gasteiger partial charge in [-0.05, 0) is 155 Å². The van der Waals surface area contributed by atoms with Gasteiger partial charge in [0.15, 0.2) is 0 Å². The smallest absolute Gasteiger partial charge is 0.496 e. The van der Waals surface area contributed by atoms with Crippen LogP contribution in [0.15, 0.2) is 120 Å². The Morgan fingerprint density at radius 2 is 1.36 bits per heavy atom. The maximum atomic E-state index is 9.92. The maximum absolute atomic E-state index is 9.92. The first kappa shape index (κ1) is 30.5. The zero-order chi connectivity index (χ0) is 64.7. The second-order valence-electron chi connectivity index (χ2n) is 20.0. The summed E-state index contributed by atoms with van der Waals surface area (Å²) in [6.45, 7) is -1.98. The van der Waals surface area contributed by atoms with Gasteiger partial charge in [0.05, 0.1) is 5.58 Å². The molecule has 1 aliphatic carbocycles. The van der Waals surface area contributed by atoms with Crippen molar-refractivity contribution in [1.29, 1.82) is 0 Å². The maximum Gasteiger partial charge on any atom is 2.00 e. The van der Waals surface area contributed by atoms with Crippen molar-refractivity contribution in [3.63, 3.8) is 0 Å². The fourth-order valence-corrected chi connectivity index (χ4v) is 9.85. The Morgan fingerprint density at radius 1 is 0.629 bits per heavy atom. The number of rotatable bonds is 8. The molecule has 0 radical (unpaired) electrons. The molecule has 5 nitrogen and oxygen atoms in total. The zero-order valence-electron chi connectivity index (χ0n) is 58.9. The van der Waals surface area contributed by atoms with Crippen LogP contribution in [0.2, 0.25) is 0 Å². The zero-order valence-corrected chi connectivity index (χ0v) is 42.1. The number of furan rings is 1. The third-order valence-corrected chi connectivity index (χ3v) is 15.0. The number of ether oxygens (including phenoxy) is 1. The number of aryl methyl sites for hydroxylation is 6. The molecule has 0 N–H and O–H groups in total. The van der Waals surface area contributed by atoms with Crippen molar-refractivity contribution >= 4 is 22.1 Å². The molecular weight excluding hydrogens is 1040 g/mol. The summed E-state index contributed by atoms with van der Waals surface area (Å²) in [6.07, 6.45) is 3.42. The number of benzene rings is 5. The van der Waals surface area contributed by atoms with Crippen molar-refractivity contribution in [2.45, 2.75) is 108 Å². The van der Waals surface area contributed by atoms with Crippen molar-refractivity contribution in [3.8, 4) is 67.4 Å². The average Bonchev–Trinajstić information content (AvgIpc) is 1.02. The first-order chi connectivity index (χ1) is 40.4. The number of pyridine rings is 3. The second kappa shape index (κ2) is 18.2. The Balaban J connectivity index is 0.00000941. The molecule has 0 aliphatic heterocycles. The first-order valence-corrected chi connectivity index (χ1v) is 22.8. The van der Waals surface area contributed by atoms with Crippen LogP contribution in [0, 0.1) is 76.4 Å². The van der Waals surface area contributed by atoms with Gasteiger partial charge in [0.2, 0.25) is 5.71 Å². The molecule has 70 heavy (non-hydrogen) atoms. The Kier molecular flexibility index (Phi) is 7.95. The molecule has 1 aliphatic rings. The fraction of sp³-hybridized carbons (Fsp3) is 0.297. The van der Waals surface area contributed by atoms with E-state index in [1.807, 2.05) is 0 Å². The van der Waals surface area contributed by atoms with Gasteiger partial charge in [0.1, 0.15) is 0 Å². The SMILES string of the molecule is [2H]C([2H])([2H])c1ccc2c(n1)oc1c(-c3cc(-c4ccc(-c5ccc(C6([2H])CC(C)(C)C(C)(C)C(C)(C)C6)cc5C([2H])([2H])[2H])cc4C([2H])([2H])[2H])c(C)cn3)[c-]c(Oc3[c-]c(-c4cc(C([2H])([2H])[2H])c(C([2H])([2H])[2H])cn4)cc(-c4ccccc4)c3C([2H])([2H])[2H])cc12.[Pt+2]. The van der Waals surface area contributed by atoms with E-state index in [1.165, 1.54) is 36.5 Å². The van der Waals surface area contributed by atoms with Gasteiger partial charge in [-0.1, -0.05) is 173 Å². The van der Waals surface area contributed by atoms with E-state index in [1.54, 1.807) is 73.7 Å². The van der Waals surface area contributed by atoms with Gasteiger partial charge in [0, 0.05) is 61.0 Å². The molecule has 0 saturated heterocycles. The third kappa shape index (κ3) is 8.63. The van der Waals surface area contributed by atoms with Crippen LogP contribution in [0.4, 0.5) is 0 Å². The number of nitrogens with zero attached hydrogens (tertiary/aromatic N) is 3. The average molecular weight is 1120 g/mol. The molecule has 356 valence electrons. The molecule has 9 aromatic rings. The largest absolute Gasteiger partial charge is 2.00 e. The van der Waals surface area contributed by atoms with Gasteiger partial charge in [-0.15, -0.1) is 11.6 Å². The minimum Gasteiger partial charge on any atom is -0.496 e. The van der Waals surface area contributed by atoms with Gasteiger partial charge in [-0.25, -0.2) is 4.98 Å². The summed E-state index contributed by atoms with van der Waals surface area (Å²) in [5.74, 6) is -1.66. The molecule has 4 heterocycles. The molecule has 1 fully saturated rings. The Labute approximate surface area is 456 Å². The van der Waals surface area contributed by atoms with Crippen LogP contribution < -0.4 is 4.74 Å². The minimum absolute atomic E-state index is 0. The van der Waals surface area contributed by atoms with Crippen LogP contribution in [-0.4, -0.2) is 15.0 Å². The number of hydrogen-bond acceptors (Lipinski definition) is 5. The molecule has 1 saturated carbocycles. The van der Waals surface area contributed by atoms with E-state index < -0.39 is 58.1 Å². The van der Waals surface area contributed by atoms with Gasteiger partial charge in [-0.2, -0.15) is 0 Å². The van der Waals surface area contributed by atoms with Gasteiger partial charge in [0.25, 0.3) is 0 Å². The van der Waals surface area contributed by atoms with E-state index in [9.17, 15) is 1.37 Å². The first-order valence-electron chi connectivity index (χ1n) is 32.3. The molecule has 6 heteroatoms. The van der Waals surface area contributed by atoms with Crippen LogP contribution in [0.3, 0.4) is 0 Å². The van der Waals surface area contributed by atoms with E-state index >= 15 is 0 Å². The van der Waals surface area contributed by atoms with Crippen LogP contribution in [0.25, 0.3) is 78.0 Å². The summed E-state index contributed by atoms with van der Waals surface area (Å²) in [7, 11) is 0. The topological polar surface area (TPSA) is 61.0 Å². The van der Waals surface area contributed by atoms with Crippen molar-refractivity contribution in [2.75, 3.05) is 0 Å². The summed E-state index contributed by atoms with van der Waals surface area (Å²) in [4.78, 5) is 13.5. The van der Waals surface area contributed by atoms with E-state index in [-0.39, 0.29) is 127 Å². The van der Waals surface area contributed by atoms with Crippen molar-refractivity contribution in [3.05, 3.63) is 172 Å². The van der Waals surface area contributed by atoms with Gasteiger partial charge >= 0.3 is 21.1 Å². The molecule has 0 atom stereocenters. The predicted molar refractivity (Wildman–Crippen MR) is 285 cm³/mol. The molecule has 0 bridgehead atoms. The van der Waals surface area contributed by atoms with E-state index in [0.717, 1.165) is 12.3 Å². The van der Waals surface area contributed by atoms with Crippen molar-refractivity contribution < 1.29 is 56.3 Å². The number of fused-ring (bicyclic) bond motifs is 3. The van der Waals surface area contributed by atoms with Gasteiger partial charge < -0.3 is 19.1 Å². The third-order valence-electron chi connectivity index (χ3n) is 15.0. The quantitative estimate of drug-likeness (QED) is 0.142. The van der Waals surface area contributed by atoms with Crippen LogP contribution in [0.1, 0.15) is 131 Å². The van der Waals surface area contributed by atoms with Crippen molar-refractivity contribution in [1.82, 2.24) is 15.0 Å². The Bertz CT molecular complexity index is 4210. The second-order valence-corrected chi connectivity index (χ2v) is 20.0. The Hall–Kier alpha value is -6.16. The van der Waals surface area contributed by atoms with E-state index in [0.29, 0.717) is 46.0 Å². The molecule has 10 rings (SSSR count). The minimum atomic E-state index is -2.92. The molecule has 0 unspecified atom stereocenters. The van der Waals surface area contributed by atoms with E-state index in [4.69, 9.17) is 38.8 Å². The Morgan fingerprint density at radius 3 is 2.10 bits per heavy atom. The van der Waals surface area contributed by atoms with Crippen LogP contribution in [0.5, 0.6) is 11.5 Å². The summed E-state index contributed by atoms with van der Waals surface area (Å²) in [5.41, 5.74) is 0.542. The standard InChI is InChI=1S/C64H63N3O2.Pt/c1-37-27-57(65-35-40(37)4)47-28-54(44-17-15-14-16-18-44)43(7)59(29-47)68-49-30-55-52-22-19-42(6)67-61(52)69-60(55)56(31-49)58-32-53(41(5)36-66-58)51-24-21-46(26-39(51)3)50-23-20-45(25-38(50)2)48-33-62(8,9)64(12,13)63(10,11)34-48;/h14-28,30,32,35-36,48H,33-34H2,1-13H3;/q-2;+2/i1D3,2D3,3D3,4D3,6D3,7D3,48D;. The number of hydrogen-bond donors (Lipinski definition) is 0. The molecular formula is C64H63N3O2Pt. The van der Waals surface area contributed by atoms with Crippen LogP contribution >= 0.6 is 0 Å². The molecule has 0 spiro atoms. The number of aromatic nitrogens is 3.